The summed E-state index contributed by atoms with van der Waals surface area (Å²) in [5, 5.41) is 20.6. The molecule has 0 saturated heterocycles. The zero-order valence-electron chi connectivity index (χ0n) is 14.7. The van der Waals surface area contributed by atoms with E-state index in [0.717, 1.165) is 5.57 Å². The molecular formula is C16H34O3Si. The number of aliphatic hydroxyl groups is 2. The molecule has 0 amide bonds. The number of hydrogen-bond acceptors (Lipinski definition) is 3. The van der Waals surface area contributed by atoms with Gasteiger partial charge in [-0.25, -0.2) is 0 Å². The third kappa shape index (κ3) is 5.68. The fourth-order valence-electron chi connectivity index (χ4n) is 1.83. The number of rotatable bonds is 6. The molecule has 0 aliphatic heterocycles. The quantitative estimate of drug-likeness (QED) is 0.581. The van der Waals surface area contributed by atoms with Gasteiger partial charge in [-0.05, 0) is 38.9 Å². The molecule has 0 radical (unpaired) electrons. The minimum atomic E-state index is -1.90. The maximum absolute atomic E-state index is 10.4. The van der Waals surface area contributed by atoms with Gasteiger partial charge < -0.3 is 14.6 Å². The molecule has 0 bridgehead atoms. The van der Waals surface area contributed by atoms with Crippen LogP contribution in [0.3, 0.4) is 0 Å². The molecule has 0 rings (SSSR count). The first kappa shape index (κ1) is 19.8. The van der Waals surface area contributed by atoms with Crippen molar-refractivity contribution in [3.05, 3.63) is 11.6 Å². The van der Waals surface area contributed by atoms with Gasteiger partial charge in [-0.1, -0.05) is 39.3 Å². The molecule has 0 spiro atoms. The summed E-state index contributed by atoms with van der Waals surface area (Å²) in [6.07, 6.45) is 0.203. The van der Waals surface area contributed by atoms with Crippen molar-refractivity contribution >= 4 is 8.32 Å². The molecule has 4 heteroatoms. The van der Waals surface area contributed by atoms with Gasteiger partial charge in [0.05, 0.1) is 18.3 Å². The summed E-state index contributed by atoms with van der Waals surface area (Å²) in [4.78, 5) is 0. The molecule has 0 aliphatic carbocycles. The van der Waals surface area contributed by atoms with Crippen molar-refractivity contribution in [1.29, 1.82) is 0 Å². The van der Waals surface area contributed by atoms with Gasteiger partial charge in [0.2, 0.25) is 0 Å². The average molecular weight is 303 g/mol. The van der Waals surface area contributed by atoms with Crippen LogP contribution in [0.5, 0.6) is 0 Å². The lowest BCUT2D eigenvalue weighted by molar-refractivity contribution is -0.0272. The van der Waals surface area contributed by atoms with E-state index >= 15 is 0 Å². The van der Waals surface area contributed by atoms with Crippen LogP contribution in [0.25, 0.3) is 0 Å². The van der Waals surface area contributed by atoms with Crippen LogP contribution in [-0.2, 0) is 4.43 Å². The van der Waals surface area contributed by atoms with Crippen molar-refractivity contribution in [2.75, 3.05) is 0 Å². The first-order valence-corrected chi connectivity index (χ1v) is 10.4. The van der Waals surface area contributed by atoms with Crippen molar-refractivity contribution in [2.45, 2.75) is 84.9 Å². The highest BCUT2D eigenvalue weighted by atomic mass is 28.4. The second kappa shape index (κ2) is 7.21. The Balaban J connectivity index is 4.79. The normalized spacial score (nSPS) is 19.1. The van der Waals surface area contributed by atoms with Crippen LogP contribution in [0.2, 0.25) is 18.1 Å². The second-order valence-electron chi connectivity index (χ2n) is 7.67. The minimum absolute atomic E-state index is 0.114. The molecule has 0 aromatic heterocycles. The van der Waals surface area contributed by atoms with Gasteiger partial charge in [0.1, 0.15) is 0 Å². The first-order valence-electron chi connectivity index (χ1n) is 7.48. The van der Waals surface area contributed by atoms with Crippen LogP contribution < -0.4 is 0 Å². The van der Waals surface area contributed by atoms with Crippen LogP contribution in [0.1, 0.15) is 48.5 Å². The van der Waals surface area contributed by atoms with Crippen LogP contribution in [0.4, 0.5) is 0 Å². The summed E-state index contributed by atoms with van der Waals surface area (Å²) in [6, 6.07) is 0. The summed E-state index contributed by atoms with van der Waals surface area (Å²) in [7, 11) is -1.90. The lowest BCUT2D eigenvalue weighted by Crippen LogP contribution is -2.48. The predicted octanol–water partition coefficient (Wildman–Crippen LogP) is 3.72. The zero-order chi connectivity index (χ0) is 16.3. The summed E-state index contributed by atoms with van der Waals surface area (Å²) < 4.78 is 6.20. The SMILES string of the molecule is CC(C)=C[C@H](O)[C@@H](C)[C@H](O)[C@H](C)O[Si](C)(C)C(C)(C)C. The number of hydrogen-bond donors (Lipinski definition) is 2. The van der Waals surface area contributed by atoms with Gasteiger partial charge in [0.15, 0.2) is 8.32 Å². The van der Waals surface area contributed by atoms with Gasteiger partial charge >= 0.3 is 0 Å². The Bertz CT molecular complexity index is 327. The number of aliphatic hydroxyl groups excluding tert-OH is 2. The molecule has 0 unspecified atom stereocenters. The molecule has 3 nitrogen and oxygen atoms in total. The van der Waals surface area contributed by atoms with Crippen molar-refractivity contribution < 1.29 is 14.6 Å². The molecule has 120 valence electrons. The molecule has 0 heterocycles. The maximum Gasteiger partial charge on any atom is 0.192 e. The van der Waals surface area contributed by atoms with Gasteiger partial charge in [-0.15, -0.1) is 0 Å². The van der Waals surface area contributed by atoms with Crippen molar-refractivity contribution in [2.24, 2.45) is 5.92 Å². The highest BCUT2D eigenvalue weighted by Gasteiger charge is 2.40. The van der Waals surface area contributed by atoms with Crippen LogP contribution in [-0.4, -0.2) is 36.8 Å². The Labute approximate surface area is 126 Å². The van der Waals surface area contributed by atoms with Crippen LogP contribution >= 0.6 is 0 Å². The van der Waals surface area contributed by atoms with Crippen molar-refractivity contribution in [3.63, 3.8) is 0 Å². The third-order valence-corrected chi connectivity index (χ3v) is 8.92. The fraction of sp³-hybridized carbons (Fsp3) is 0.875. The molecule has 2 N–H and O–H groups in total. The van der Waals surface area contributed by atoms with Crippen LogP contribution in [0.15, 0.2) is 11.6 Å². The Morgan fingerprint density at radius 3 is 1.90 bits per heavy atom. The van der Waals surface area contributed by atoms with E-state index in [1.54, 1.807) is 6.08 Å². The predicted molar refractivity (Wildman–Crippen MR) is 88.4 cm³/mol. The molecule has 0 fully saturated rings. The van der Waals surface area contributed by atoms with Gasteiger partial charge in [-0.3, -0.25) is 0 Å². The van der Waals surface area contributed by atoms with Crippen molar-refractivity contribution in [3.8, 4) is 0 Å². The van der Waals surface area contributed by atoms with E-state index in [2.05, 4.69) is 33.9 Å². The Morgan fingerprint density at radius 2 is 1.55 bits per heavy atom. The van der Waals surface area contributed by atoms with E-state index in [1.807, 2.05) is 27.7 Å². The lowest BCUT2D eigenvalue weighted by atomic mass is 9.94. The Kier molecular flexibility index (Phi) is 7.15. The van der Waals surface area contributed by atoms with Crippen molar-refractivity contribution in [1.82, 2.24) is 0 Å². The smallest absolute Gasteiger partial charge is 0.192 e. The van der Waals surface area contributed by atoms with Gasteiger partial charge in [-0.2, -0.15) is 0 Å². The summed E-state index contributed by atoms with van der Waals surface area (Å²) in [5.74, 6) is -0.246. The van der Waals surface area contributed by atoms with Gasteiger partial charge in [0, 0.05) is 5.92 Å². The van der Waals surface area contributed by atoms with E-state index in [4.69, 9.17) is 4.43 Å². The standard InChI is InChI=1S/C16H34O3Si/c1-11(2)10-14(17)12(3)15(18)13(4)19-20(8,9)16(5,6)7/h10,12-15,17-18H,1-9H3/t12-,13+,14+,15+/m1/s1. The molecular weight excluding hydrogens is 268 g/mol. The van der Waals surface area contributed by atoms with E-state index in [9.17, 15) is 10.2 Å². The van der Waals surface area contributed by atoms with Crippen LogP contribution in [0, 0.1) is 5.92 Å². The van der Waals surface area contributed by atoms with E-state index in [0.29, 0.717) is 0 Å². The maximum atomic E-state index is 10.4. The molecule has 20 heavy (non-hydrogen) atoms. The molecule has 0 saturated carbocycles. The van der Waals surface area contributed by atoms with E-state index in [1.165, 1.54) is 0 Å². The topological polar surface area (TPSA) is 49.7 Å². The average Bonchev–Trinajstić information content (AvgIpc) is 2.23. The largest absolute Gasteiger partial charge is 0.412 e. The Hall–Kier alpha value is -0.163. The van der Waals surface area contributed by atoms with E-state index < -0.39 is 20.5 Å². The highest BCUT2D eigenvalue weighted by molar-refractivity contribution is 6.74. The number of allylic oxidation sites excluding steroid dienone is 1. The van der Waals surface area contributed by atoms with Gasteiger partial charge in [0.25, 0.3) is 0 Å². The monoisotopic (exact) mass is 302 g/mol. The molecule has 0 aliphatic rings. The molecule has 4 atom stereocenters. The Morgan fingerprint density at radius 1 is 1.10 bits per heavy atom. The summed E-state index contributed by atoms with van der Waals surface area (Å²) in [5.41, 5.74) is 1.05. The first-order chi connectivity index (χ1) is 8.79. The second-order valence-corrected chi connectivity index (χ2v) is 12.4. The summed E-state index contributed by atoms with van der Waals surface area (Å²) in [6.45, 7) is 18.5. The summed E-state index contributed by atoms with van der Waals surface area (Å²) >= 11 is 0. The zero-order valence-corrected chi connectivity index (χ0v) is 15.7. The highest BCUT2D eigenvalue weighted by Crippen LogP contribution is 2.38. The molecule has 0 aromatic rings. The van der Waals surface area contributed by atoms with E-state index in [-0.39, 0.29) is 17.1 Å². The lowest BCUT2D eigenvalue weighted by Gasteiger charge is -2.40. The molecule has 0 aromatic carbocycles. The third-order valence-electron chi connectivity index (χ3n) is 4.35. The fourth-order valence-corrected chi connectivity index (χ4v) is 3.26. The minimum Gasteiger partial charge on any atom is -0.412 e.